The predicted octanol–water partition coefficient (Wildman–Crippen LogP) is 4.29. The first kappa shape index (κ1) is 21.6. The molecule has 1 atom stereocenters. The number of ether oxygens (including phenoxy) is 2. The molecule has 2 aromatic carbocycles. The van der Waals surface area contributed by atoms with Gasteiger partial charge in [-0.1, -0.05) is 23.7 Å². The van der Waals surface area contributed by atoms with Crippen molar-refractivity contribution in [2.75, 3.05) is 14.2 Å². The van der Waals surface area contributed by atoms with Crippen molar-refractivity contribution in [1.82, 2.24) is 5.01 Å². The fourth-order valence-corrected chi connectivity index (χ4v) is 3.52. The summed E-state index contributed by atoms with van der Waals surface area (Å²) in [5.74, 6) is 0.129. The molecule has 1 heterocycles. The summed E-state index contributed by atoms with van der Waals surface area (Å²) in [5, 5.41) is 15.5. The van der Waals surface area contributed by atoms with E-state index in [2.05, 4.69) is 5.10 Å². The number of amides is 1. The van der Waals surface area contributed by atoms with Gasteiger partial charge in [0.05, 0.1) is 26.0 Å². The Bertz CT molecular complexity index is 959. The molecular formula is C22H23ClN2O5. The lowest BCUT2D eigenvalue weighted by Crippen LogP contribution is -2.27. The second kappa shape index (κ2) is 9.63. The maximum Gasteiger partial charge on any atom is 0.303 e. The number of hydrazone groups is 1. The summed E-state index contributed by atoms with van der Waals surface area (Å²) in [6, 6.07) is 12.4. The Labute approximate surface area is 179 Å². The fraction of sp³-hybridized carbons (Fsp3) is 0.318. The smallest absolute Gasteiger partial charge is 0.303 e. The Morgan fingerprint density at radius 1 is 1.13 bits per heavy atom. The fourth-order valence-electron chi connectivity index (χ4n) is 3.39. The molecule has 0 fully saturated rings. The maximum absolute atomic E-state index is 12.9. The predicted molar refractivity (Wildman–Crippen MR) is 113 cm³/mol. The van der Waals surface area contributed by atoms with Gasteiger partial charge >= 0.3 is 5.97 Å². The molecule has 0 aromatic heterocycles. The van der Waals surface area contributed by atoms with Crippen molar-refractivity contribution >= 4 is 29.2 Å². The van der Waals surface area contributed by atoms with E-state index in [0.29, 0.717) is 28.7 Å². The lowest BCUT2D eigenvalue weighted by molar-refractivity contribution is -0.137. The minimum atomic E-state index is -0.927. The minimum absolute atomic E-state index is 0.0640. The third-order valence-corrected chi connectivity index (χ3v) is 5.17. The van der Waals surface area contributed by atoms with Gasteiger partial charge in [0.1, 0.15) is 11.5 Å². The summed E-state index contributed by atoms with van der Waals surface area (Å²) >= 11 is 6.02. The average Bonchev–Trinajstić information content (AvgIpc) is 3.19. The minimum Gasteiger partial charge on any atom is -0.497 e. The number of methoxy groups -OCH3 is 2. The van der Waals surface area contributed by atoms with Crippen LogP contribution in [0.1, 0.15) is 42.9 Å². The number of carbonyl (C=O) groups excluding carboxylic acids is 1. The van der Waals surface area contributed by atoms with Crippen LogP contribution in [0.15, 0.2) is 47.6 Å². The Morgan fingerprint density at radius 2 is 1.87 bits per heavy atom. The molecule has 0 saturated heterocycles. The molecule has 2 aromatic rings. The summed E-state index contributed by atoms with van der Waals surface area (Å²) < 4.78 is 10.8. The van der Waals surface area contributed by atoms with Crippen LogP contribution in [-0.4, -0.2) is 41.9 Å². The molecule has 3 rings (SSSR count). The SMILES string of the molecule is COc1ccc(OC)c(C2=NN(C(=O)CCCC(=O)O)C(c3ccc(Cl)cc3)C2)c1. The van der Waals surface area contributed by atoms with Crippen LogP contribution in [0, 0.1) is 0 Å². The van der Waals surface area contributed by atoms with Gasteiger partial charge in [0.25, 0.3) is 0 Å². The molecule has 1 aliphatic rings. The Hall–Kier alpha value is -3.06. The molecule has 1 unspecified atom stereocenters. The van der Waals surface area contributed by atoms with E-state index in [0.717, 1.165) is 11.1 Å². The zero-order valence-corrected chi connectivity index (χ0v) is 17.6. The molecule has 30 heavy (non-hydrogen) atoms. The van der Waals surface area contributed by atoms with Crippen LogP contribution >= 0.6 is 11.6 Å². The maximum atomic E-state index is 12.9. The Morgan fingerprint density at radius 3 is 2.50 bits per heavy atom. The number of aliphatic carboxylic acids is 1. The van der Waals surface area contributed by atoms with Crippen molar-refractivity contribution in [1.29, 1.82) is 0 Å². The molecule has 1 N–H and O–H groups in total. The number of benzene rings is 2. The van der Waals surface area contributed by atoms with Gasteiger partial charge in [0.15, 0.2) is 0 Å². The van der Waals surface area contributed by atoms with E-state index in [1.54, 1.807) is 38.5 Å². The zero-order chi connectivity index (χ0) is 21.7. The number of carbonyl (C=O) groups is 2. The van der Waals surface area contributed by atoms with Crippen LogP contribution in [0.3, 0.4) is 0 Å². The molecule has 0 saturated carbocycles. The monoisotopic (exact) mass is 430 g/mol. The van der Waals surface area contributed by atoms with Crippen molar-refractivity contribution in [3.63, 3.8) is 0 Å². The normalized spacial score (nSPS) is 15.6. The second-order valence-corrected chi connectivity index (χ2v) is 7.31. The van der Waals surface area contributed by atoms with Crippen LogP contribution in [0.4, 0.5) is 0 Å². The number of carboxylic acid groups (broad SMARTS) is 1. The van der Waals surface area contributed by atoms with Gasteiger partial charge in [-0.25, -0.2) is 5.01 Å². The first-order valence-electron chi connectivity index (χ1n) is 9.52. The summed E-state index contributed by atoms with van der Waals surface area (Å²) in [6.07, 6.45) is 0.773. The molecule has 158 valence electrons. The molecule has 1 amide bonds. The number of halogens is 1. The highest BCUT2D eigenvalue weighted by molar-refractivity contribution is 6.30. The number of rotatable bonds is 8. The third kappa shape index (κ3) is 4.91. The van der Waals surface area contributed by atoms with E-state index in [-0.39, 0.29) is 31.2 Å². The largest absolute Gasteiger partial charge is 0.497 e. The van der Waals surface area contributed by atoms with E-state index in [4.69, 9.17) is 26.2 Å². The van der Waals surface area contributed by atoms with E-state index in [9.17, 15) is 9.59 Å². The first-order valence-corrected chi connectivity index (χ1v) is 9.90. The van der Waals surface area contributed by atoms with Crippen molar-refractivity contribution < 1.29 is 24.2 Å². The lowest BCUT2D eigenvalue weighted by atomic mass is 9.97. The molecule has 0 radical (unpaired) electrons. The number of hydrogen-bond acceptors (Lipinski definition) is 5. The Kier molecular flexibility index (Phi) is 6.95. The van der Waals surface area contributed by atoms with Crippen LogP contribution in [0.2, 0.25) is 5.02 Å². The van der Waals surface area contributed by atoms with E-state index >= 15 is 0 Å². The molecule has 8 heteroatoms. The molecule has 0 spiro atoms. The van der Waals surface area contributed by atoms with Gasteiger partial charge in [-0.05, 0) is 42.3 Å². The number of carboxylic acids is 1. The lowest BCUT2D eigenvalue weighted by Gasteiger charge is -2.22. The van der Waals surface area contributed by atoms with Gasteiger partial charge in [-0.3, -0.25) is 9.59 Å². The van der Waals surface area contributed by atoms with Crippen LogP contribution in [0.25, 0.3) is 0 Å². The van der Waals surface area contributed by atoms with Gasteiger partial charge < -0.3 is 14.6 Å². The average molecular weight is 431 g/mol. The highest BCUT2D eigenvalue weighted by Gasteiger charge is 2.34. The van der Waals surface area contributed by atoms with Gasteiger partial charge in [-0.15, -0.1) is 0 Å². The quantitative estimate of drug-likeness (QED) is 0.674. The van der Waals surface area contributed by atoms with Crippen LogP contribution in [-0.2, 0) is 9.59 Å². The molecule has 1 aliphatic heterocycles. The van der Waals surface area contributed by atoms with Crippen molar-refractivity contribution in [2.45, 2.75) is 31.7 Å². The van der Waals surface area contributed by atoms with Crippen molar-refractivity contribution in [3.8, 4) is 11.5 Å². The van der Waals surface area contributed by atoms with E-state index in [1.165, 1.54) is 5.01 Å². The highest BCUT2D eigenvalue weighted by Crippen LogP contribution is 2.37. The topological polar surface area (TPSA) is 88.4 Å². The summed E-state index contributed by atoms with van der Waals surface area (Å²) in [5.41, 5.74) is 2.33. The molecule has 0 bridgehead atoms. The number of hydrogen-bond donors (Lipinski definition) is 1. The molecular weight excluding hydrogens is 408 g/mol. The summed E-state index contributed by atoms with van der Waals surface area (Å²) in [6.45, 7) is 0. The van der Waals surface area contributed by atoms with E-state index in [1.807, 2.05) is 18.2 Å². The highest BCUT2D eigenvalue weighted by atomic mass is 35.5. The van der Waals surface area contributed by atoms with Gasteiger partial charge in [0.2, 0.25) is 5.91 Å². The van der Waals surface area contributed by atoms with Crippen LogP contribution in [0.5, 0.6) is 11.5 Å². The van der Waals surface area contributed by atoms with Crippen molar-refractivity contribution in [2.24, 2.45) is 5.10 Å². The van der Waals surface area contributed by atoms with Crippen LogP contribution < -0.4 is 9.47 Å². The van der Waals surface area contributed by atoms with Gasteiger partial charge in [-0.2, -0.15) is 5.10 Å². The standard InChI is InChI=1S/C22H23ClN2O5/c1-29-16-10-11-20(30-2)17(12-16)18-13-19(14-6-8-15(23)9-7-14)25(24-18)21(26)4-3-5-22(27)28/h6-12,19H,3-5,13H2,1-2H3,(H,27,28). The Balaban J connectivity index is 1.94. The van der Waals surface area contributed by atoms with Gasteiger partial charge in [0, 0.05) is 29.8 Å². The summed E-state index contributed by atoms with van der Waals surface area (Å²) in [7, 11) is 3.16. The first-order chi connectivity index (χ1) is 14.4. The molecule has 0 aliphatic carbocycles. The van der Waals surface area contributed by atoms with Crippen molar-refractivity contribution in [3.05, 3.63) is 58.6 Å². The molecule has 7 nitrogen and oxygen atoms in total. The summed E-state index contributed by atoms with van der Waals surface area (Å²) in [4.78, 5) is 23.7. The third-order valence-electron chi connectivity index (χ3n) is 4.92. The van der Waals surface area contributed by atoms with E-state index < -0.39 is 5.97 Å². The zero-order valence-electron chi connectivity index (χ0n) is 16.8. The number of nitrogens with zero attached hydrogens (tertiary/aromatic N) is 2. The second-order valence-electron chi connectivity index (χ2n) is 6.87.